The van der Waals surface area contributed by atoms with Crippen LogP contribution in [0.15, 0.2) is 59.1 Å². The van der Waals surface area contributed by atoms with Crippen molar-refractivity contribution in [3.8, 4) is 0 Å². The molecule has 0 fully saturated rings. The Bertz CT molecular complexity index is 989. The zero-order valence-electron chi connectivity index (χ0n) is 18.0. The van der Waals surface area contributed by atoms with E-state index in [1.54, 1.807) is 0 Å². The molecular formula is C20H16O8S4Se2. The summed E-state index contributed by atoms with van der Waals surface area (Å²) in [6.45, 7) is 0. The molecular weight excluding hydrogens is 654 g/mol. The maximum absolute atomic E-state index is 12.2. The summed E-state index contributed by atoms with van der Waals surface area (Å²) in [6.07, 6.45) is 3.81. The van der Waals surface area contributed by atoms with Gasteiger partial charge in [-0.1, -0.05) is 0 Å². The summed E-state index contributed by atoms with van der Waals surface area (Å²) >= 11 is 4.88. The number of rotatable bonds is 6. The predicted octanol–water partition coefficient (Wildman–Crippen LogP) is 2.85. The van der Waals surface area contributed by atoms with Gasteiger partial charge in [0.25, 0.3) is 0 Å². The Labute approximate surface area is 225 Å². The molecule has 34 heavy (non-hydrogen) atoms. The second-order valence-electron chi connectivity index (χ2n) is 5.87. The molecule has 0 radical (unpaired) electrons. The van der Waals surface area contributed by atoms with Crippen LogP contribution in [0.25, 0.3) is 0 Å². The first-order chi connectivity index (χ1) is 16.3. The molecule has 0 N–H and O–H groups in total. The minimum atomic E-state index is -0.610. The van der Waals surface area contributed by atoms with Crippen molar-refractivity contribution in [1.29, 1.82) is 0 Å². The molecule has 0 saturated heterocycles. The van der Waals surface area contributed by atoms with Crippen LogP contribution < -0.4 is 0 Å². The van der Waals surface area contributed by atoms with Gasteiger partial charge in [0, 0.05) is 0 Å². The van der Waals surface area contributed by atoms with Crippen molar-refractivity contribution >= 4 is 101 Å². The van der Waals surface area contributed by atoms with Gasteiger partial charge >= 0.3 is 227 Å². The predicted molar refractivity (Wildman–Crippen MR) is 136 cm³/mol. The summed E-state index contributed by atoms with van der Waals surface area (Å²) in [7, 11) is 5.01. The van der Waals surface area contributed by atoms with Crippen LogP contribution in [0.1, 0.15) is 0 Å². The second kappa shape index (κ2) is 12.6. The molecule has 0 spiro atoms. The number of ether oxygens (including phenoxy) is 4. The van der Waals surface area contributed by atoms with Crippen molar-refractivity contribution in [2.24, 2.45) is 0 Å². The van der Waals surface area contributed by atoms with E-state index in [1.165, 1.54) is 31.8 Å². The first kappa shape index (κ1) is 27.3. The normalized spacial score (nSPS) is 17.2. The van der Waals surface area contributed by atoms with Gasteiger partial charge in [0.1, 0.15) is 0 Å². The average Bonchev–Trinajstić information content (AvgIpc) is 3.61. The number of esters is 4. The first-order valence-corrected chi connectivity index (χ1v) is 16.0. The Kier molecular flexibility index (Phi) is 10.2. The summed E-state index contributed by atoms with van der Waals surface area (Å²) in [6, 6.07) is 0. The van der Waals surface area contributed by atoms with Gasteiger partial charge in [-0.25, -0.2) is 0 Å². The van der Waals surface area contributed by atoms with Crippen molar-refractivity contribution in [2.45, 2.75) is 0 Å². The van der Waals surface area contributed by atoms with E-state index in [4.69, 9.17) is 18.9 Å². The van der Waals surface area contributed by atoms with Crippen LogP contribution >= 0.6 is 47.0 Å². The molecule has 0 aromatic heterocycles. The fourth-order valence-corrected chi connectivity index (χ4v) is 12.1. The van der Waals surface area contributed by atoms with E-state index < -0.39 is 23.9 Å². The van der Waals surface area contributed by atoms with Crippen LogP contribution in [0.5, 0.6) is 0 Å². The van der Waals surface area contributed by atoms with Gasteiger partial charge in [-0.15, -0.1) is 0 Å². The van der Waals surface area contributed by atoms with Crippen molar-refractivity contribution < 1.29 is 38.1 Å². The van der Waals surface area contributed by atoms with E-state index in [2.05, 4.69) is 9.95 Å². The van der Waals surface area contributed by atoms with Crippen LogP contribution in [0.4, 0.5) is 0 Å². The summed E-state index contributed by atoms with van der Waals surface area (Å²) < 4.78 is 21.9. The summed E-state index contributed by atoms with van der Waals surface area (Å²) in [5.41, 5.74) is 0.903. The van der Waals surface area contributed by atoms with Gasteiger partial charge in [-0.2, -0.15) is 0 Å². The van der Waals surface area contributed by atoms with E-state index in [1.807, 2.05) is 12.2 Å². The quantitative estimate of drug-likeness (QED) is 0.236. The number of methoxy groups -OCH3 is 4. The first-order valence-electron chi connectivity index (χ1n) is 9.02. The molecule has 0 aromatic rings. The molecule has 3 aliphatic heterocycles. The van der Waals surface area contributed by atoms with Crippen molar-refractivity contribution in [2.75, 3.05) is 28.4 Å². The number of carbonyl (C=O) groups is 4. The van der Waals surface area contributed by atoms with Gasteiger partial charge in [-0.05, 0) is 0 Å². The SMILES string of the molecule is COC(=O)C1=C(C(=O)OC)SC(=CC(C=C2SC(C(=O)OC)=C(C(=O)OC)S2)=C2[Se]C=C[Se]2)S1. The Morgan fingerprint density at radius 3 is 1.18 bits per heavy atom. The fourth-order valence-electron chi connectivity index (χ4n) is 2.41. The Balaban J connectivity index is 1.95. The molecule has 180 valence electrons. The topological polar surface area (TPSA) is 105 Å². The Hall–Kier alpha value is -1.24. The molecule has 3 aliphatic rings. The molecule has 0 amide bonds. The van der Waals surface area contributed by atoms with Crippen LogP contribution in [-0.4, -0.2) is 82.2 Å². The molecule has 8 nitrogen and oxygen atoms in total. The van der Waals surface area contributed by atoms with Crippen molar-refractivity contribution in [1.82, 2.24) is 0 Å². The van der Waals surface area contributed by atoms with E-state index in [-0.39, 0.29) is 49.5 Å². The van der Waals surface area contributed by atoms with Crippen LogP contribution in [0.2, 0.25) is 0 Å². The van der Waals surface area contributed by atoms with E-state index in [0.717, 1.165) is 52.6 Å². The Morgan fingerprint density at radius 2 is 0.912 bits per heavy atom. The molecule has 0 aliphatic carbocycles. The maximum atomic E-state index is 12.2. The fraction of sp³-hybridized carbons (Fsp3) is 0.200. The summed E-state index contributed by atoms with van der Waals surface area (Å²) in [5.74, 6) is -2.44. The molecule has 3 heterocycles. The van der Waals surface area contributed by atoms with E-state index in [9.17, 15) is 19.2 Å². The van der Waals surface area contributed by atoms with Crippen LogP contribution in [0, 0.1) is 0 Å². The molecule has 0 bridgehead atoms. The monoisotopic (exact) mass is 672 g/mol. The molecule has 0 unspecified atom stereocenters. The number of hydrogen-bond donors (Lipinski definition) is 0. The summed E-state index contributed by atoms with van der Waals surface area (Å²) in [5, 5.41) is 0. The molecule has 0 aromatic carbocycles. The third kappa shape index (κ3) is 6.30. The average molecular weight is 671 g/mol. The van der Waals surface area contributed by atoms with Gasteiger partial charge in [0.2, 0.25) is 0 Å². The molecule has 3 rings (SSSR count). The third-order valence-corrected chi connectivity index (χ3v) is 14.7. The number of allylic oxidation sites excluding steroid dienone is 3. The molecule has 0 atom stereocenters. The van der Waals surface area contributed by atoms with Crippen LogP contribution in [-0.2, 0) is 38.1 Å². The van der Waals surface area contributed by atoms with Crippen molar-refractivity contribution in [3.05, 3.63) is 59.1 Å². The third-order valence-electron chi connectivity index (χ3n) is 3.89. The zero-order chi connectivity index (χ0) is 24.8. The zero-order valence-corrected chi connectivity index (χ0v) is 24.7. The van der Waals surface area contributed by atoms with Gasteiger partial charge in [-0.3, -0.25) is 0 Å². The van der Waals surface area contributed by atoms with Crippen LogP contribution in [0.3, 0.4) is 0 Å². The van der Waals surface area contributed by atoms with Gasteiger partial charge < -0.3 is 0 Å². The van der Waals surface area contributed by atoms with E-state index >= 15 is 0 Å². The van der Waals surface area contributed by atoms with Crippen molar-refractivity contribution in [3.63, 3.8) is 0 Å². The number of carbonyl (C=O) groups excluding carboxylic acids is 4. The molecule has 0 saturated carbocycles. The summed E-state index contributed by atoms with van der Waals surface area (Å²) in [4.78, 5) is 53.7. The van der Waals surface area contributed by atoms with Gasteiger partial charge in [0.05, 0.1) is 0 Å². The number of thioether (sulfide) groups is 4. The number of hydrogen-bond acceptors (Lipinski definition) is 12. The second-order valence-corrected chi connectivity index (χ2v) is 15.7. The Morgan fingerprint density at radius 1 is 0.618 bits per heavy atom. The molecule has 14 heteroatoms. The van der Waals surface area contributed by atoms with E-state index in [0.29, 0.717) is 8.47 Å². The van der Waals surface area contributed by atoms with Gasteiger partial charge in [0.15, 0.2) is 0 Å². The minimum absolute atomic E-state index is 0.152. The standard InChI is InChI=1S/C20H16O8S4Se2/c1-25-16(21)12-13(17(22)26-2)30-10(29-12)7-9(20-33-5-6-34-20)8-11-31-14(18(23)27-3)15(32-11)19(24)28-4/h5-8H,1-4H3.